The Balaban J connectivity index is 0.000000667. The molecule has 0 aromatic heterocycles. The van der Waals surface area contributed by atoms with Gasteiger partial charge in [-0.3, -0.25) is 0 Å². The average Bonchev–Trinajstić information content (AvgIpc) is 2.82. The van der Waals surface area contributed by atoms with E-state index in [2.05, 4.69) is 49.0 Å². The Labute approximate surface area is 156 Å². The van der Waals surface area contributed by atoms with E-state index < -0.39 is 7.38 Å². The quantitative estimate of drug-likeness (QED) is 0.223. The Morgan fingerprint density at radius 2 is 2.00 bits per heavy atom. The molecular weight excluding hydrogens is 493 g/mol. The second-order valence-corrected chi connectivity index (χ2v) is 10.3. The summed E-state index contributed by atoms with van der Waals surface area (Å²) in [6.45, 7) is 2.23. The van der Waals surface area contributed by atoms with Gasteiger partial charge < -0.3 is 24.8 Å². The van der Waals surface area contributed by atoms with Crippen molar-refractivity contribution in [2.24, 2.45) is 0 Å². The normalized spacial score (nSPS) is 21.4. The van der Waals surface area contributed by atoms with Crippen LogP contribution in [0.4, 0.5) is 0 Å². The molecule has 20 heavy (non-hydrogen) atoms. The first-order valence-corrected chi connectivity index (χ1v) is 9.49. The summed E-state index contributed by atoms with van der Waals surface area (Å²) in [5, 5.41) is 5.73. The number of hydrogen-bond donors (Lipinski definition) is 0. The third kappa shape index (κ3) is 2.44. The molecule has 4 rings (SSSR count). The smallest absolute Gasteiger partial charge is 0.143 e. The van der Waals surface area contributed by atoms with Crippen molar-refractivity contribution in [3.05, 3.63) is 48.1 Å². The molecule has 1 aliphatic carbocycles. The maximum atomic E-state index is 6.61. The van der Waals surface area contributed by atoms with E-state index in [1.807, 2.05) is 0 Å². The second kappa shape index (κ2) is 6.17. The molecule has 2 aliphatic rings. The number of benzene rings is 1. The summed E-state index contributed by atoms with van der Waals surface area (Å²) < 4.78 is 0. The van der Waals surface area contributed by atoms with Crippen LogP contribution in [0.5, 0.6) is 0 Å². The molecule has 0 saturated heterocycles. The Morgan fingerprint density at radius 1 is 1.25 bits per heavy atom. The van der Waals surface area contributed by atoms with E-state index in [-0.39, 0.29) is 50.7 Å². The Bertz CT molecular complexity index is 713. The first kappa shape index (κ1) is 18.3. The molecule has 2 aromatic rings. The second-order valence-electron chi connectivity index (χ2n) is 5.03. The third-order valence-electron chi connectivity index (χ3n) is 3.95. The number of fused-ring (bicyclic) bond motifs is 3. The Kier molecular flexibility index (Phi) is 5.66. The van der Waals surface area contributed by atoms with Gasteiger partial charge >= 0.3 is 0 Å². The van der Waals surface area contributed by atoms with Gasteiger partial charge in [0.25, 0.3) is 0 Å². The van der Waals surface area contributed by atoms with Crippen molar-refractivity contribution in [2.45, 2.75) is 13.0 Å². The minimum Gasteiger partial charge on any atom is -1.00 e. The van der Waals surface area contributed by atoms with E-state index in [9.17, 15) is 0 Å². The van der Waals surface area contributed by atoms with Crippen molar-refractivity contribution < 1.29 is 50.7 Å². The first-order chi connectivity index (χ1) is 8.19. The fourth-order valence-electron chi connectivity index (χ4n) is 2.99. The number of allylic oxidation sites excluding steroid dienone is 4. The van der Waals surface area contributed by atoms with E-state index in [1.54, 1.807) is 0 Å². The van der Waals surface area contributed by atoms with Gasteiger partial charge in [0.15, 0.2) is 0 Å². The molecule has 0 spiro atoms. The summed E-state index contributed by atoms with van der Waals surface area (Å²) >= 11 is 6.61. The largest absolute Gasteiger partial charge is 1.00 e. The van der Waals surface area contributed by atoms with E-state index in [1.165, 1.54) is 32.3 Å². The fourth-order valence-corrected chi connectivity index (χ4v) is 6.81. The van der Waals surface area contributed by atoms with E-state index in [4.69, 9.17) is 11.1 Å². The minimum absolute atomic E-state index is 0. The molecule has 0 N–H and O–H groups in total. The molecule has 0 fully saturated rings. The van der Waals surface area contributed by atoms with E-state index in [0.29, 0.717) is 0 Å². The van der Waals surface area contributed by atoms with Crippen molar-refractivity contribution in [1.82, 2.24) is 0 Å². The van der Waals surface area contributed by atoms with Crippen LogP contribution < -0.4 is 35.2 Å². The van der Waals surface area contributed by atoms with Crippen LogP contribution in [0.15, 0.2) is 42.5 Å². The van der Waals surface area contributed by atoms with Gasteiger partial charge in [-0.25, -0.2) is 0 Å². The molecule has 104 valence electrons. The molecule has 0 radical (unpaired) electrons. The van der Waals surface area contributed by atoms with E-state index >= 15 is 0 Å². The predicted molar refractivity (Wildman–Crippen MR) is 78.0 cm³/mol. The maximum Gasteiger partial charge on any atom is 0.143 e. The van der Waals surface area contributed by atoms with Gasteiger partial charge in [0, 0.05) is 25.8 Å². The molecule has 5 heteroatoms. The summed E-state index contributed by atoms with van der Waals surface area (Å²) in [6, 6.07) is 8.90. The summed E-state index contributed by atoms with van der Waals surface area (Å²) in [4.78, 5) is 0. The molecule has 0 bridgehead atoms. The molecule has 0 nitrogen and oxygen atoms in total. The third-order valence-corrected chi connectivity index (χ3v) is 7.74. The molecule has 0 saturated carbocycles. The molecule has 0 amide bonds. The average molecular weight is 505 g/mol. The molecule has 1 heterocycles. The van der Waals surface area contributed by atoms with Gasteiger partial charge in [0.1, 0.15) is 7.38 Å². The van der Waals surface area contributed by atoms with Crippen molar-refractivity contribution in [2.75, 3.05) is 0 Å². The predicted octanol–water partition coefficient (Wildman–Crippen LogP) is -2.85. The van der Waals surface area contributed by atoms with Crippen LogP contribution in [0.3, 0.4) is 0 Å². The van der Waals surface area contributed by atoms with Crippen molar-refractivity contribution in [3.63, 3.8) is 0 Å². The van der Waals surface area contributed by atoms with Gasteiger partial charge in [-0.2, -0.15) is 11.1 Å². The molecule has 1 unspecified atom stereocenters. The zero-order valence-electron chi connectivity index (χ0n) is 10.9. The van der Waals surface area contributed by atoms with Crippen LogP contribution in [-0.4, -0.2) is 7.38 Å². The van der Waals surface area contributed by atoms with Crippen molar-refractivity contribution in [3.8, 4) is 0 Å². The van der Waals surface area contributed by atoms with Crippen LogP contribution in [0, 0.1) is 0 Å². The number of hydrogen-bond acceptors (Lipinski definition) is 0. The van der Waals surface area contributed by atoms with E-state index in [0.717, 1.165) is 6.42 Å². The SMILES string of the molecule is C[Si]1(Cl)c2[cH-]c3cccc(C4=CC=CC4)c3c21.[Cl-].[Cl-].[Hf]. The maximum absolute atomic E-state index is 6.61. The first-order valence-electron chi connectivity index (χ1n) is 5.98. The van der Waals surface area contributed by atoms with Gasteiger partial charge in [0.05, 0.1) is 0 Å². The van der Waals surface area contributed by atoms with Crippen LogP contribution in [-0.2, 0) is 25.8 Å². The molecule has 1 atom stereocenters. The van der Waals surface area contributed by atoms with Crippen molar-refractivity contribution >= 4 is 45.2 Å². The molecular formula is C15H12Cl3HfSi-3. The monoisotopic (exact) mass is 505 g/mol. The summed E-state index contributed by atoms with van der Waals surface area (Å²) in [6.07, 6.45) is 7.64. The van der Waals surface area contributed by atoms with Crippen LogP contribution >= 0.6 is 11.1 Å². The number of halogens is 3. The molecule has 1 aliphatic heterocycles. The summed E-state index contributed by atoms with van der Waals surface area (Å²) in [5.41, 5.74) is 2.82. The van der Waals surface area contributed by atoms with Gasteiger partial charge in [-0.1, -0.05) is 36.4 Å². The van der Waals surface area contributed by atoms with Crippen LogP contribution in [0.1, 0.15) is 12.0 Å². The molecule has 2 aromatic carbocycles. The zero-order valence-corrected chi connectivity index (χ0v) is 17.7. The van der Waals surface area contributed by atoms with Gasteiger partial charge in [-0.05, 0) is 12.0 Å². The Morgan fingerprint density at radius 3 is 2.65 bits per heavy atom. The van der Waals surface area contributed by atoms with Crippen molar-refractivity contribution in [1.29, 1.82) is 0 Å². The van der Waals surface area contributed by atoms with Gasteiger partial charge in [0.2, 0.25) is 0 Å². The number of rotatable bonds is 1. The fraction of sp³-hybridized carbons (Fsp3) is 0.133. The standard InChI is InChI=1S/C15H12ClSi.2ClH.Hf/c1-17(16)13-9-11-7-4-8-12(14(11)15(13)17)10-5-2-3-6-10;;;/h2-5,7-9H,6H2,1H3;2*1H;/q-1;;;/p-2. The van der Waals surface area contributed by atoms with Crippen LogP contribution in [0.25, 0.3) is 16.3 Å². The topological polar surface area (TPSA) is 0 Å². The minimum atomic E-state index is -1.64. The zero-order chi connectivity index (χ0) is 11.6. The van der Waals surface area contributed by atoms with Crippen LogP contribution in [0.2, 0.25) is 6.55 Å². The van der Waals surface area contributed by atoms with Gasteiger partial charge in [-0.15, -0.1) is 39.3 Å². The summed E-state index contributed by atoms with van der Waals surface area (Å²) in [5.74, 6) is 0. The Hall–Kier alpha value is 0.267. The summed E-state index contributed by atoms with van der Waals surface area (Å²) in [7, 11) is -1.64.